The highest BCUT2D eigenvalue weighted by atomic mass is 16.2. The van der Waals surface area contributed by atoms with Crippen molar-refractivity contribution in [3.05, 3.63) is 72.8 Å². The Kier molecular flexibility index (Phi) is 4.76. The molecule has 28 heavy (non-hydrogen) atoms. The average Bonchev–Trinajstić information content (AvgIpc) is 2.72. The molecule has 0 saturated carbocycles. The Hall–Kier alpha value is -3.67. The van der Waals surface area contributed by atoms with Crippen LogP contribution in [0.15, 0.2) is 72.8 Å². The Morgan fingerprint density at radius 3 is 2.36 bits per heavy atom. The number of anilines is 2. The molecule has 0 spiro atoms. The van der Waals surface area contributed by atoms with E-state index in [4.69, 9.17) is 0 Å². The summed E-state index contributed by atoms with van der Waals surface area (Å²) in [6, 6.07) is 22.4. The average molecular weight is 373 g/mol. The van der Waals surface area contributed by atoms with Crippen LogP contribution in [0.3, 0.4) is 0 Å². The first-order valence-electron chi connectivity index (χ1n) is 9.07. The zero-order chi connectivity index (χ0) is 19.5. The van der Waals surface area contributed by atoms with Crippen LogP contribution in [0.25, 0.3) is 10.8 Å². The molecule has 0 atom stereocenters. The van der Waals surface area contributed by atoms with E-state index < -0.39 is 11.8 Å². The van der Waals surface area contributed by atoms with Crippen LogP contribution in [-0.4, -0.2) is 42.3 Å². The number of nitrogens with zero attached hydrogens (tertiary/aromatic N) is 2. The van der Waals surface area contributed by atoms with Crippen molar-refractivity contribution < 1.29 is 14.4 Å². The Labute approximate surface area is 162 Å². The molecule has 3 amide bonds. The van der Waals surface area contributed by atoms with Gasteiger partial charge < -0.3 is 15.1 Å². The molecule has 1 fully saturated rings. The molecule has 3 aromatic rings. The maximum atomic E-state index is 12.7. The minimum Gasteiger partial charge on any atom is -0.325 e. The predicted octanol–water partition coefficient (Wildman–Crippen LogP) is 2.65. The van der Waals surface area contributed by atoms with Crippen molar-refractivity contribution in [2.24, 2.45) is 0 Å². The summed E-state index contributed by atoms with van der Waals surface area (Å²) in [4.78, 5) is 40.3. The molecular formula is C22H19N3O3. The fourth-order valence-electron chi connectivity index (χ4n) is 3.39. The van der Waals surface area contributed by atoms with Gasteiger partial charge in [0.05, 0.1) is 5.69 Å². The second-order valence-electron chi connectivity index (χ2n) is 6.60. The van der Waals surface area contributed by atoms with E-state index in [1.54, 1.807) is 12.1 Å². The van der Waals surface area contributed by atoms with Gasteiger partial charge in [0, 0.05) is 24.2 Å². The summed E-state index contributed by atoms with van der Waals surface area (Å²) >= 11 is 0. The van der Waals surface area contributed by atoms with E-state index in [0.29, 0.717) is 24.5 Å². The number of para-hydroxylation sites is 1. The lowest BCUT2D eigenvalue weighted by atomic mass is 10.1. The van der Waals surface area contributed by atoms with Gasteiger partial charge in [-0.2, -0.15) is 0 Å². The first-order chi connectivity index (χ1) is 13.6. The molecular weight excluding hydrogens is 354 g/mol. The maximum absolute atomic E-state index is 12.7. The lowest BCUT2D eigenvalue weighted by molar-refractivity contribution is -0.147. The molecule has 140 valence electrons. The van der Waals surface area contributed by atoms with Gasteiger partial charge in [0.25, 0.3) is 0 Å². The number of rotatable bonds is 4. The SMILES string of the molecule is O=C(CN1CCN(c2cccc3ccccc23)C(=O)C1=O)Nc1ccccc1. The fraction of sp³-hybridized carbons (Fsp3) is 0.136. The second-order valence-corrected chi connectivity index (χ2v) is 6.60. The van der Waals surface area contributed by atoms with Crippen LogP contribution in [-0.2, 0) is 14.4 Å². The van der Waals surface area contributed by atoms with E-state index in [0.717, 1.165) is 10.8 Å². The summed E-state index contributed by atoms with van der Waals surface area (Å²) in [5.41, 5.74) is 1.37. The standard InChI is InChI=1S/C22H19N3O3/c26-20(23-17-9-2-1-3-10-17)15-24-13-14-25(22(28)21(24)27)19-12-6-8-16-7-4-5-11-18(16)19/h1-12H,13-15H2,(H,23,26). The van der Waals surface area contributed by atoms with Gasteiger partial charge in [-0.05, 0) is 23.6 Å². The van der Waals surface area contributed by atoms with Crippen LogP contribution in [0.5, 0.6) is 0 Å². The molecule has 0 aliphatic carbocycles. The number of carbonyl (C=O) groups excluding carboxylic acids is 3. The van der Waals surface area contributed by atoms with Crippen LogP contribution in [0.2, 0.25) is 0 Å². The van der Waals surface area contributed by atoms with E-state index in [2.05, 4.69) is 5.32 Å². The van der Waals surface area contributed by atoms with E-state index in [1.807, 2.05) is 60.7 Å². The van der Waals surface area contributed by atoms with Crippen LogP contribution in [0, 0.1) is 0 Å². The highest BCUT2D eigenvalue weighted by Gasteiger charge is 2.34. The Bertz CT molecular complexity index is 1040. The van der Waals surface area contributed by atoms with Crippen molar-refractivity contribution in [1.29, 1.82) is 0 Å². The topological polar surface area (TPSA) is 69.7 Å². The molecule has 1 saturated heterocycles. The summed E-state index contributed by atoms with van der Waals surface area (Å²) in [5, 5.41) is 4.66. The third-order valence-electron chi connectivity index (χ3n) is 4.76. The zero-order valence-electron chi connectivity index (χ0n) is 15.2. The predicted molar refractivity (Wildman–Crippen MR) is 108 cm³/mol. The molecule has 0 unspecified atom stereocenters. The van der Waals surface area contributed by atoms with Gasteiger partial charge in [-0.15, -0.1) is 0 Å². The van der Waals surface area contributed by atoms with Gasteiger partial charge in [-0.1, -0.05) is 54.6 Å². The normalized spacial score (nSPS) is 14.4. The quantitative estimate of drug-likeness (QED) is 0.715. The molecule has 0 bridgehead atoms. The summed E-state index contributed by atoms with van der Waals surface area (Å²) in [7, 11) is 0. The Balaban J connectivity index is 1.48. The molecule has 1 aliphatic rings. The van der Waals surface area contributed by atoms with E-state index in [-0.39, 0.29) is 12.5 Å². The largest absolute Gasteiger partial charge is 0.325 e. The van der Waals surface area contributed by atoms with Gasteiger partial charge in [-0.25, -0.2) is 0 Å². The van der Waals surface area contributed by atoms with E-state index in [1.165, 1.54) is 9.80 Å². The van der Waals surface area contributed by atoms with Crippen molar-refractivity contribution in [2.45, 2.75) is 0 Å². The smallest absolute Gasteiger partial charge is 0.316 e. The molecule has 0 radical (unpaired) electrons. The number of carbonyl (C=O) groups is 3. The highest BCUT2D eigenvalue weighted by molar-refractivity contribution is 6.41. The molecule has 1 N–H and O–H groups in total. The first kappa shape index (κ1) is 17.7. The van der Waals surface area contributed by atoms with Crippen molar-refractivity contribution in [2.75, 3.05) is 29.9 Å². The monoisotopic (exact) mass is 373 g/mol. The molecule has 1 heterocycles. The molecule has 0 aromatic heterocycles. The summed E-state index contributed by atoms with van der Waals surface area (Å²) in [5.74, 6) is -1.61. The van der Waals surface area contributed by atoms with Crippen molar-refractivity contribution in [3.63, 3.8) is 0 Å². The summed E-state index contributed by atoms with van der Waals surface area (Å²) < 4.78 is 0. The van der Waals surface area contributed by atoms with Crippen LogP contribution in [0.4, 0.5) is 11.4 Å². The minimum atomic E-state index is -0.664. The maximum Gasteiger partial charge on any atom is 0.316 e. The van der Waals surface area contributed by atoms with Crippen molar-refractivity contribution >= 4 is 39.9 Å². The van der Waals surface area contributed by atoms with E-state index in [9.17, 15) is 14.4 Å². The lowest BCUT2D eigenvalue weighted by Crippen LogP contribution is -2.56. The van der Waals surface area contributed by atoms with Crippen molar-refractivity contribution in [1.82, 2.24) is 4.90 Å². The van der Waals surface area contributed by atoms with Gasteiger partial charge in [0.1, 0.15) is 6.54 Å². The Morgan fingerprint density at radius 1 is 0.821 bits per heavy atom. The number of amides is 3. The number of hydrogen-bond donors (Lipinski definition) is 1. The first-order valence-corrected chi connectivity index (χ1v) is 9.07. The van der Waals surface area contributed by atoms with Gasteiger partial charge in [0.15, 0.2) is 0 Å². The third-order valence-corrected chi connectivity index (χ3v) is 4.76. The number of piperazine rings is 1. The lowest BCUT2D eigenvalue weighted by Gasteiger charge is -2.33. The van der Waals surface area contributed by atoms with E-state index >= 15 is 0 Å². The molecule has 6 nitrogen and oxygen atoms in total. The summed E-state index contributed by atoms with van der Waals surface area (Å²) in [6.45, 7) is 0.496. The third kappa shape index (κ3) is 3.44. The molecule has 6 heteroatoms. The number of nitrogens with one attached hydrogen (secondary N) is 1. The minimum absolute atomic E-state index is 0.150. The highest BCUT2D eigenvalue weighted by Crippen LogP contribution is 2.28. The number of hydrogen-bond acceptors (Lipinski definition) is 3. The number of fused-ring (bicyclic) bond motifs is 1. The molecule has 4 rings (SSSR count). The Morgan fingerprint density at radius 2 is 1.54 bits per heavy atom. The van der Waals surface area contributed by atoms with Gasteiger partial charge in [0.2, 0.25) is 5.91 Å². The summed E-state index contributed by atoms with van der Waals surface area (Å²) in [6.07, 6.45) is 0. The van der Waals surface area contributed by atoms with Crippen LogP contribution >= 0.6 is 0 Å². The number of benzene rings is 3. The van der Waals surface area contributed by atoms with Crippen LogP contribution < -0.4 is 10.2 Å². The van der Waals surface area contributed by atoms with Crippen LogP contribution in [0.1, 0.15) is 0 Å². The van der Waals surface area contributed by atoms with Gasteiger partial charge in [-0.3, -0.25) is 14.4 Å². The second kappa shape index (κ2) is 7.52. The van der Waals surface area contributed by atoms with Gasteiger partial charge >= 0.3 is 11.8 Å². The fourth-order valence-corrected chi connectivity index (χ4v) is 3.39. The zero-order valence-corrected chi connectivity index (χ0v) is 15.2. The molecule has 3 aromatic carbocycles. The molecule has 1 aliphatic heterocycles. The van der Waals surface area contributed by atoms with Crippen molar-refractivity contribution in [3.8, 4) is 0 Å².